The third kappa shape index (κ3) is 1.87. The molecule has 0 amide bonds. The highest BCUT2D eigenvalue weighted by molar-refractivity contribution is 5.31. The first-order valence-electron chi connectivity index (χ1n) is 10.0. The molecule has 3 aliphatic carbocycles. The molecule has 2 aliphatic heterocycles. The summed E-state index contributed by atoms with van der Waals surface area (Å²) in [7, 11) is 0. The zero-order chi connectivity index (χ0) is 19.5. The third-order valence-electron chi connectivity index (χ3n) is 8.89. The molecule has 2 saturated heterocycles. The summed E-state index contributed by atoms with van der Waals surface area (Å²) in [6, 6.07) is 0. The van der Waals surface area contributed by atoms with Crippen molar-refractivity contribution in [2.45, 2.75) is 70.1 Å². The first-order valence-corrected chi connectivity index (χ1v) is 10.0. The molecule has 0 aromatic rings. The van der Waals surface area contributed by atoms with Crippen LogP contribution in [-0.2, 0) is 9.47 Å². The van der Waals surface area contributed by atoms with E-state index in [0.717, 1.165) is 5.57 Å². The Balaban J connectivity index is 1.76. The van der Waals surface area contributed by atoms with E-state index in [2.05, 4.69) is 0 Å². The number of fused-ring (bicyclic) bond motifs is 1. The highest BCUT2D eigenvalue weighted by Crippen LogP contribution is 2.73. The zero-order valence-electron chi connectivity index (χ0n) is 15.9. The van der Waals surface area contributed by atoms with Crippen molar-refractivity contribution in [3.63, 3.8) is 0 Å². The van der Waals surface area contributed by atoms with Gasteiger partial charge in [-0.15, -0.1) is 0 Å². The number of rotatable bonds is 0. The van der Waals surface area contributed by atoms with Crippen LogP contribution in [0, 0.1) is 34.5 Å². The first-order chi connectivity index (χ1) is 12.6. The molecular formula is C20H30O7. The van der Waals surface area contributed by atoms with Gasteiger partial charge in [0.15, 0.2) is 12.1 Å². The summed E-state index contributed by atoms with van der Waals surface area (Å²) < 4.78 is 11.9. The average Bonchev–Trinajstić information content (AvgIpc) is 2.90. The van der Waals surface area contributed by atoms with E-state index in [0.29, 0.717) is 12.8 Å². The van der Waals surface area contributed by atoms with E-state index >= 15 is 0 Å². The molecular weight excluding hydrogens is 352 g/mol. The normalized spacial score (nSPS) is 64.6. The smallest absolute Gasteiger partial charge is 0.196 e. The minimum atomic E-state index is -1.81. The maximum atomic E-state index is 11.6. The predicted octanol–water partition coefficient (Wildman–Crippen LogP) is -0.250. The van der Waals surface area contributed by atoms with Crippen LogP contribution >= 0.6 is 0 Å². The van der Waals surface area contributed by atoms with Gasteiger partial charge in [0.25, 0.3) is 0 Å². The molecule has 152 valence electrons. The fourth-order valence-corrected chi connectivity index (χ4v) is 7.86. The Morgan fingerprint density at radius 1 is 1.11 bits per heavy atom. The third-order valence-corrected chi connectivity index (χ3v) is 8.89. The van der Waals surface area contributed by atoms with Crippen molar-refractivity contribution in [3.8, 4) is 0 Å². The van der Waals surface area contributed by atoms with Gasteiger partial charge in [0.05, 0.1) is 24.9 Å². The summed E-state index contributed by atoms with van der Waals surface area (Å²) in [5, 5.41) is 54.5. The fraction of sp³-hybridized carbons (Fsp3) is 0.900. The minimum absolute atomic E-state index is 0.109. The number of ether oxygens (including phenoxy) is 2. The van der Waals surface area contributed by atoms with Crippen molar-refractivity contribution in [2.75, 3.05) is 6.61 Å². The Morgan fingerprint density at radius 2 is 1.81 bits per heavy atom. The molecule has 12 atom stereocenters. The largest absolute Gasteiger partial charge is 0.389 e. The lowest BCUT2D eigenvalue weighted by atomic mass is 9.38. The van der Waals surface area contributed by atoms with E-state index in [9.17, 15) is 25.5 Å². The van der Waals surface area contributed by atoms with E-state index in [4.69, 9.17) is 9.47 Å². The number of allylic oxidation sites excluding steroid dienone is 1. The summed E-state index contributed by atoms with van der Waals surface area (Å²) >= 11 is 0. The lowest BCUT2D eigenvalue weighted by molar-refractivity contribution is -0.359. The van der Waals surface area contributed by atoms with E-state index in [1.165, 1.54) is 0 Å². The van der Waals surface area contributed by atoms with Gasteiger partial charge in [-0.1, -0.05) is 25.5 Å². The zero-order valence-corrected chi connectivity index (χ0v) is 15.9. The molecule has 2 bridgehead atoms. The molecule has 1 spiro atoms. The molecule has 12 unspecified atom stereocenters. The molecule has 5 rings (SSSR count). The van der Waals surface area contributed by atoms with E-state index in [-0.39, 0.29) is 30.5 Å². The van der Waals surface area contributed by atoms with Crippen molar-refractivity contribution in [3.05, 3.63) is 11.6 Å². The number of hydrogen-bond donors (Lipinski definition) is 5. The molecule has 5 aliphatic rings. The van der Waals surface area contributed by atoms with E-state index in [1.54, 1.807) is 6.08 Å². The van der Waals surface area contributed by atoms with Crippen LogP contribution < -0.4 is 0 Å². The Morgan fingerprint density at radius 3 is 2.52 bits per heavy atom. The second kappa shape index (κ2) is 5.33. The van der Waals surface area contributed by atoms with Crippen molar-refractivity contribution in [2.24, 2.45) is 34.5 Å². The summed E-state index contributed by atoms with van der Waals surface area (Å²) in [5.74, 6) is -2.97. The summed E-state index contributed by atoms with van der Waals surface area (Å²) in [6.07, 6.45) is -1.92. The van der Waals surface area contributed by atoms with Crippen LogP contribution in [0.15, 0.2) is 11.6 Å². The van der Waals surface area contributed by atoms with Crippen molar-refractivity contribution in [1.29, 1.82) is 0 Å². The minimum Gasteiger partial charge on any atom is -0.389 e. The van der Waals surface area contributed by atoms with Crippen LogP contribution in [0.1, 0.15) is 33.6 Å². The molecule has 4 fully saturated rings. The number of aliphatic hydroxyl groups is 5. The van der Waals surface area contributed by atoms with Gasteiger partial charge in [-0.25, -0.2) is 0 Å². The Hall–Kier alpha value is -0.540. The SMILES string of the molecule is CC1=CC(O)C(O)C2(C)C1CC1OC(O)CC3C(C)C(O)C4(O)OCC13C42. The molecule has 2 saturated carbocycles. The van der Waals surface area contributed by atoms with Crippen LogP contribution in [-0.4, -0.2) is 68.6 Å². The van der Waals surface area contributed by atoms with Crippen LogP contribution in [0.3, 0.4) is 0 Å². The highest BCUT2D eigenvalue weighted by atomic mass is 16.7. The first kappa shape index (κ1) is 18.5. The average molecular weight is 382 g/mol. The molecule has 7 nitrogen and oxygen atoms in total. The molecule has 0 aromatic carbocycles. The van der Waals surface area contributed by atoms with Crippen molar-refractivity contribution in [1.82, 2.24) is 0 Å². The van der Waals surface area contributed by atoms with Gasteiger partial charge in [0, 0.05) is 23.2 Å². The van der Waals surface area contributed by atoms with Gasteiger partial charge < -0.3 is 35.0 Å². The van der Waals surface area contributed by atoms with Crippen LogP contribution in [0.25, 0.3) is 0 Å². The van der Waals surface area contributed by atoms with Gasteiger partial charge in [0.1, 0.15) is 6.10 Å². The standard InChI is InChI=1S/C20H30O7/c1-8-4-12(21)16(24)18(3)10(8)5-13-19-7-26-20(25,17(18)19)15(23)9(2)11(19)6-14(22)27-13/h4,9-17,21-25H,5-7H2,1-3H3. The maximum absolute atomic E-state index is 11.6. The van der Waals surface area contributed by atoms with E-state index < -0.39 is 47.1 Å². The Labute approximate surface area is 158 Å². The monoisotopic (exact) mass is 382 g/mol. The lowest BCUT2D eigenvalue weighted by Gasteiger charge is -2.69. The van der Waals surface area contributed by atoms with Crippen LogP contribution in [0.4, 0.5) is 0 Å². The van der Waals surface area contributed by atoms with Crippen molar-refractivity contribution < 1.29 is 35.0 Å². The molecule has 5 N–H and O–H groups in total. The summed E-state index contributed by atoms with van der Waals surface area (Å²) in [4.78, 5) is 0. The molecule has 7 heteroatoms. The van der Waals surface area contributed by atoms with Crippen LogP contribution in [0.2, 0.25) is 0 Å². The summed E-state index contributed by atoms with van der Waals surface area (Å²) in [6.45, 7) is 5.91. The highest BCUT2D eigenvalue weighted by Gasteiger charge is 2.81. The Bertz CT molecular complexity index is 696. The lowest BCUT2D eigenvalue weighted by Crippen LogP contribution is -2.76. The topological polar surface area (TPSA) is 120 Å². The molecule has 0 radical (unpaired) electrons. The van der Waals surface area contributed by atoms with Gasteiger partial charge in [0.2, 0.25) is 0 Å². The molecule has 27 heavy (non-hydrogen) atoms. The second-order valence-corrected chi connectivity index (χ2v) is 9.81. The predicted molar refractivity (Wildman–Crippen MR) is 93.0 cm³/mol. The van der Waals surface area contributed by atoms with Gasteiger partial charge in [-0.3, -0.25) is 0 Å². The van der Waals surface area contributed by atoms with E-state index in [1.807, 2.05) is 20.8 Å². The summed E-state index contributed by atoms with van der Waals surface area (Å²) in [5.41, 5.74) is -0.567. The number of aliphatic hydroxyl groups excluding tert-OH is 4. The van der Waals surface area contributed by atoms with Crippen molar-refractivity contribution >= 4 is 0 Å². The molecule has 2 heterocycles. The Kier molecular flexibility index (Phi) is 3.65. The van der Waals surface area contributed by atoms with Gasteiger partial charge >= 0.3 is 0 Å². The van der Waals surface area contributed by atoms with Crippen LogP contribution in [0.5, 0.6) is 0 Å². The fourth-order valence-electron chi connectivity index (χ4n) is 7.86. The number of hydrogen-bond acceptors (Lipinski definition) is 7. The van der Waals surface area contributed by atoms with Gasteiger partial charge in [-0.05, 0) is 31.1 Å². The quantitative estimate of drug-likeness (QED) is 0.367. The molecule has 0 aromatic heterocycles. The van der Waals surface area contributed by atoms with Gasteiger partial charge in [-0.2, -0.15) is 0 Å². The second-order valence-electron chi connectivity index (χ2n) is 9.81. The maximum Gasteiger partial charge on any atom is 0.196 e.